The second kappa shape index (κ2) is 3.84. The Hall–Kier alpha value is -0.650. The summed E-state index contributed by atoms with van der Waals surface area (Å²) in [5, 5.41) is 18.3. The molecule has 1 aliphatic heterocycles. The Kier molecular flexibility index (Phi) is 3.14. The molecule has 0 aromatic rings. The highest BCUT2D eigenvalue weighted by Gasteiger charge is 2.42. The Morgan fingerprint density at radius 1 is 1.57 bits per heavy atom. The molecule has 14 heavy (non-hydrogen) atoms. The third kappa shape index (κ3) is 2.05. The molecule has 0 amide bonds. The fourth-order valence-corrected chi connectivity index (χ4v) is 1.69. The summed E-state index contributed by atoms with van der Waals surface area (Å²) >= 11 is 0. The van der Waals surface area contributed by atoms with Crippen LogP contribution in [0.3, 0.4) is 0 Å². The van der Waals surface area contributed by atoms with Crippen LogP contribution in [0.2, 0.25) is 0 Å². The molecule has 5 heteroatoms. The highest BCUT2D eigenvalue weighted by Crippen LogP contribution is 2.22. The van der Waals surface area contributed by atoms with Crippen molar-refractivity contribution >= 4 is 5.97 Å². The van der Waals surface area contributed by atoms with Crippen molar-refractivity contribution in [2.45, 2.75) is 38.0 Å². The third-order valence-corrected chi connectivity index (χ3v) is 3.03. The molecular formula is C9H18N2O3. The van der Waals surface area contributed by atoms with Gasteiger partial charge in [-0.3, -0.25) is 9.69 Å². The monoisotopic (exact) mass is 202 g/mol. The van der Waals surface area contributed by atoms with Crippen molar-refractivity contribution in [1.29, 1.82) is 0 Å². The minimum absolute atomic E-state index is 0.0419. The summed E-state index contributed by atoms with van der Waals surface area (Å²) in [6, 6.07) is -0.0419. The molecule has 0 aliphatic carbocycles. The number of hydrogen-bond acceptors (Lipinski definition) is 4. The van der Waals surface area contributed by atoms with Gasteiger partial charge in [0.2, 0.25) is 0 Å². The van der Waals surface area contributed by atoms with Crippen LogP contribution >= 0.6 is 0 Å². The Balaban J connectivity index is 2.61. The molecule has 1 fully saturated rings. The molecule has 0 spiro atoms. The van der Waals surface area contributed by atoms with Crippen molar-refractivity contribution in [3.8, 4) is 0 Å². The summed E-state index contributed by atoms with van der Waals surface area (Å²) in [6.07, 6.45) is -0.0227. The van der Waals surface area contributed by atoms with E-state index in [4.69, 9.17) is 10.8 Å². The summed E-state index contributed by atoms with van der Waals surface area (Å²) in [6.45, 7) is 4.52. The normalized spacial score (nSPS) is 32.9. The van der Waals surface area contributed by atoms with Crippen molar-refractivity contribution in [3.63, 3.8) is 0 Å². The molecule has 0 aromatic heterocycles. The van der Waals surface area contributed by atoms with Crippen LogP contribution < -0.4 is 5.73 Å². The molecule has 1 heterocycles. The van der Waals surface area contributed by atoms with Crippen molar-refractivity contribution in [2.75, 3.05) is 13.1 Å². The highest BCUT2D eigenvalue weighted by atomic mass is 16.4. The SMILES string of the molecule is CC(O)C(C)N1CCC(N)(C(=O)O)C1. The van der Waals surface area contributed by atoms with Gasteiger partial charge in [-0.1, -0.05) is 0 Å². The second-order valence-electron chi connectivity index (χ2n) is 4.16. The summed E-state index contributed by atoms with van der Waals surface area (Å²) < 4.78 is 0. The van der Waals surface area contributed by atoms with Crippen LogP contribution in [0, 0.1) is 0 Å². The number of nitrogens with zero attached hydrogens (tertiary/aromatic N) is 1. The van der Waals surface area contributed by atoms with Crippen LogP contribution in [0.25, 0.3) is 0 Å². The summed E-state index contributed by atoms with van der Waals surface area (Å²) in [4.78, 5) is 12.8. The third-order valence-electron chi connectivity index (χ3n) is 3.03. The van der Waals surface area contributed by atoms with Crippen LogP contribution in [0.4, 0.5) is 0 Å². The molecule has 0 bridgehead atoms. The molecule has 4 N–H and O–H groups in total. The zero-order valence-corrected chi connectivity index (χ0v) is 8.60. The van der Waals surface area contributed by atoms with Crippen LogP contribution in [0.5, 0.6) is 0 Å². The average Bonchev–Trinajstić information content (AvgIpc) is 2.48. The summed E-state index contributed by atoms with van der Waals surface area (Å²) in [5.41, 5.74) is 4.57. The lowest BCUT2D eigenvalue weighted by molar-refractivity contribution is -0.142. The number of carboxylic acids is 1. The molecule has 1 saturated heterocycles. The fourth-order valence-electron chi connectivity index (χ4n) is 1.69. The predicted octanol–water partition coefficient (Wildman–Crippen LogP) is -0.756. The number of hydrogen-bond donors (Lipinski definition) is 3. The number of aliphatic carboxylic acids is 1. The smallest absolute Gasteiger partial charge is 0.325 e. The van der Waals surface area contributed by atoms with Gasteiger partial charge < -0.3 is 15.9 Å². The molecule has 0 aromatic carbocycles. The lowest BCUT2D eigenvalue weighted by Gasteiger charge is -2.27. The largest absolute Gasteiger partial charge is 0.480 e. The maximum absolute atomic E-state index is 10.8. The molecule has 0 radical (unpaired) electrons. The Labute approximate surface area is 83.5 Å². The van der Waals surface area contributed by atoms with Gasteiger partial charge in [0.1, 0.15) is 5.54 Å². The van der Waals surface area contributed by atoms with E-state index in [1.165, 1.54) is 0 Å². The molecule has 1 rings (SSSR count). The maximum Gasteiger partial charge on any atom is 0.325 e. The molecule has 82 valence electrons. The van der Waals surface area contributed by atoms with E-state index in [-0.39, 0.29) is 6.04 Å². The molecular weight excluding hydrogens is 184 g/mol. The van der Waals surface area contributed by atoms with Gasteiger partial charge in [-0.15, -0.1) is 0 Å². The average molecular weight is 202 g/mol. The topological polar surface area (TPSA) is 86.8 Å². The summed E-state index contributed by atoms with van der Waals surface area (Å²) in [5.74, 6) is -0.960. The Bertz CT molecular complexity index is 232. The zero-order chi connectivity index (χ0) is 10.9. The first-order chi connectivity index (χ1) is 6.37. The fraction of sp³-hybridized carbons (Fsp3) is 0.889. The number of aliphatic hydroxyl groups excluding tert-OH is 1. The van der Waals surface area contributed by atoms with E-state index in [0.717, 1.165) is 0 Å². The lowest BCUT2D eigenvalue weighted by atomic mass is 10.0. The van der Waals surface area contributed by atoms with Crippen molar-refractivity contribution in [3.05, 3.63) is 0 Å². The van der Waals surface area contributed by atoms with Crippen molar-refractivity contribution in [2.24, 2.45) is 5.73 Å². The minimum atomic E-state index is -1.14. The number of likely N-dealkylation sites (tertiary alicyclic amines) is 1. The second-order valence-corrected chi connectivity index (χ2v) is 4.16. The minimum Gasteiger partial charge on any atom is -0.480 e. The van der Waals surface area contributed by atoms with E-state index in [1.807, 2.05) is 11.8 Å². The first kappa shape index (κ1) is 11.4. The van der Waals surface area contributed by atoms with Gasteiger partial charge in [-0.05, 0) is 20.3 Å². The Morgan fingerprint density at radius 2 is 2.14 bits per heavy atom. The van der Waals surface area contributed by atoms with Gasteiger partial charge in [0.05, 0.1) is 6.10 Å². The first-order valence-electron chi connectivity index (χ1n) is 4.81. The van der Waals surface area contributed by atoms with Gasteiger partial charge in [0.25, 0.3) is 0 Å². The van der Waals surface area contributed by atoms with E-state index in [0.29, 0.717) is 19.5 Å². The number of carboxylic acid groups (broad SMARTS) is 1. The molecule has 0 saturated carbocycles. The standard InChI is InChI=1S/C9H18N2O3/c1-6(7(2)12)11-4-3-9(10,5-11)8(13)14/h6-7,12H,3-5,10H2,1-2H3,(H,13,14). The van der Waals surface area contributed by atoms with E-state index in [1.54, 1.807) is 6.92 Å². The number of aliphatic hydroxyl groups is 1. The maximum atomic E-state index is 10.8. The first-order valence-corrected chi connectivity index (χ1v) is 4.81. The quantitative estimate of drug-likeness (QED) is 0.560. The van der Waals surface area contributed by atoms with Crippen LogP contribution in [-0.4, -0.2) is 51.9 Å². The van der Waals surface area contributed by atoms with Crippen molar-refractivity contribution in [1.82, 2.24) is 4.90 Å². The van der Waals surface area contributed by atoms with Gasteiger partial charge in [0, 0.05) is 19.1 Å². The Morgan fingerprint density at radius 3 is 2.50 bits per heavy atom. The van der Waals surface area contributed by atoms with E-state index in [2.05, 4.69) is 0 Å². The molecule has 5 nitrogen and oxygen atoms in total. The number of nitrogens with two attached hydrogens (primary N) is 1. The van der Waals surface area contributed by atoms with Gasteiger partial charge in [0.15, 0.2) is 0 Å². The summed E-state index contributed by atoms with van der Waals surface area (Å²) in [7, 11) is 0. The van der Waals surface area contributed by atoms with Gasteiger partial charge >= 0.3 is 5.97 Å². The van der Waals surface area contributed by atoms with Gasteiger partial charge in [-0.25, -0.2) is 0 Å². The van der Waals surface area contributed by atoms with Crippen LogP contribution in [0.15, 0.2) is 0 Å². The molecule has 1 aliphatic rings. The van der Waals surface area contributed by atoms with Crippen LogP contribution in [-0.2, 0) is 4.79 Å². The number of rotatable bonds is 3. The molecule has 3 atom stereocenters. The number of carbonyl (C=O) groups is 1. The van der Waals surface area contributed by atoms with Crippen molar-refractivity contribution < 1.29 is 15.0 Å². The zero-order valence-electron chi connectivity index (χ0n) is 8.60. The lowest BCUT2D eigenvalue weighted by Crippen LogP contribution is -2.51. The predicted molar refractivity (Wildman–Crippen MR) is 51.9 cm³/mol. The molecule has 3 unspecified atom stereocenters. The van der Waals surface area contributed by atoms with Crippen LogP contribution in [0.1, 0.15) is 20.3 Å². The highest BCUT2D eigenvalue weighted by molar-refractivity contribution is 5.79. The van der Waals surface area contributed by atoms with E-state index in [9.17, 15) is 9.90 Å². The van der Waals surface area contributed by atoms with E-state index < -0.39 is 17.6 Å². The van der Waals surface area contributed by atoms with E-state index >= 15 is 0 Å². The van der Waals surface area contributed by atoms with Gasteiger partial charge in [-0.2, -0.15) is 0 Å².